The van der Waals surface area contributed by atoms with Crippen LogP contribution in [0.25, 0.3) is 0 Å². The third kappa shape index (κ3) is 4.08. The number of phenolic OH excluding ortho intramolecular Hbond substituents is 2. The minimum Gasteiger partial charge on any atom is -0.508 e. The van der Waals surface area contributed by atoms with E-state index in [0.717, 1.165) is 23.9 Å². The number of alkyl halides is 3. The van der Waals surface area contributed by atoms with Crippen molar-refractivity contribution >= 4 is 11.8 Å². The SMILES string of the molecule is CC(C)(O)c1cc(Sc2ccc(O)c(C(C)(O)C(F)(F)F)c2)ccc1O. The molecule has 2 rings (SSSR count). The van der Waals surface area contributed by atoms with Crippen LogP contribution in [0.15, 0.2) is 46.2 Å². The van der Waals surface area contributed by atoms with E-state index in [2.05, 4.69) is 0 Å². The third-order valence-corrected chi connectivity index (χ3v) is 4.89. The number of halogens is 3. The lowest BCUT2D eigenvalue weighted by Crippen LogP contribution is -2.39. The van der Waals surface area contributed by atoms with Crippen LogP contribution >= 0.6 is 11.8 Å². The Balaban J connectivity index is 2.42. The molecule has 8 heteroatoms. The van der Waals surface area contributed by atoms with Crippen LogP contribution in [-0.2, 0) is 11.2 Å². The van der Waals surface area contributed by atoms with Crippen LogP contribution in [0.4, 0.5) is 13.2 Å². The maximum atomic E-state index is 13.1. The van der Waals surface area contributed by atoms with Crippen molar-refractivity contribution in [3.8, 4) is 11.5 Å². The quantitative estimate of drug-likeness (QED) is 0.630. The number of benzene rings is 2. The van der Waals surface area contributed by atoms with E-state index in [9.17, 15) is 33.6 Å². The summed E-state index contributed by atoms with van der Waals surface area (Å²) in [6.07, 6.45) is -4.96. The first-order valence-electron chi connectivity index (χ1n) is 7.60. The first kappa shape index (κ1) is 20.4. The molecule has 0 saturated heterocycles. The van der Waals surface area contributed by atoms with E-state index >= 15 is 0 Å². The van der Waals surface area contributed by atoms with Gasteiger partial charge in [-0.2, -0.15) is 13.2 Å². The van der Waals surface area contributed by atoms with Crippen LogP contribution in [0.3, 0.4) is 0 Å². The van der Waals surface area contributed by atoms with Gasteiger partial charge in [0.25, 0.3) is 0 Å². The van der Waals surface area contributed by atoms with E-state index in [0.29, 0.717) is 16.7 Å². The molecule has 1 unspecified atom stereocenters. The number of hydrogen-bond donors (Lipinski definition) is 4. The Morgan fingerprint density at radius 1 is 0.769 bits per heavy atom. The molecule has 0 heterocycles. The highest BCUT2D eigenvalue weighted by Crippen LogP contribution is 2.44. The molecule has 26 heavy (non-hydrogen) atoms. The zero-order chi connectivity index (χ0) is 19.9. The summed E-state index contributed by atoms with van der Waals surface area (Å²) < 4.78 is 39.2. The van der Waals surface area contributed by atoms with Gasteiger partial charge in [-0.1, -0.05) is 11.8 Å². The van der Waals surface area contributed by atoms with Gasteiger partial charge in [0.05, 0.1) is 5.60 Å². The predicted octanol–water partition coefficient (Wildman–Crippen LogP) is 4.25. The molecule has 0 saturated carbocycles. The summed E-state index contributed by atoms with van der Waals surface area (Å²) in [6.45, 7) is 3.56. The van der Waals surface area contributed by atoms with Crippen LogP contribution < -0.4 is 0 Å². The lowest BCUT2D eigenvalue weighted by molar-refractivity contribution is -0.259. The minimum absolute atomic E-state index is 0.103. The van der Waals surface area contributed by atoms with Gasteiger partial charge in [-0.15, -0.1) is 0 Å². The normalized spacial score (nSPS) is 14.9. The highest BCUT2D eigenvalue weighted by atomic mass is 32.2. The number of hydrogen-bond acceptors (Lipinski definition) is 5. The van der Waals surface area contributed by atoms with Crippen molar-refractivity contribution in [2.45, 2.75) is 47.9 Å². The van der Waals surface area contributed by atoms with E-state index < -0.39 is 28.7 Å². The molecule has 0 amide bonds. The summed E-state index contributed by atoms with van der Waals surface area (Å²) in [7, 11) is 0. The van der Waals surface area contributed by atoms with E-state index in [1.54, 1.807) is 6.07 Å². The number of phenols is 2. The summed E-state index contributed by atoms with van der Waals surface area (Å²) in [5.74, 6) is -0.771. The molecular weight excluding hydrogens is 369 g/mol. The lowest BCUT2D eigenvalue weighted by atomic mass is 9.94. The molecule has 2 aromatic rings. The molecule has 0 aromatic heterocycles. The average molecular weight is 388 g/mol. The maximum absolute atomic E-state index is 13.1. The fourth-order valence-electron chi connectivity index (χ4n) is 2.33. The van der Waals surface area contributed by atoms with Gasteiger partial charge in [0.2, 0.25) is 0 Å². The molecule has 0 aliphatic carbocycles. The molecule has 0 spiro atoms. The maximum Gasteiger partial charge on any atom is 0.421 e. The second kappa shape index (κ2) is 6.68. The first-order chi connectivity index (χ1) is 11.7. The van der Waals surface area contributed by atoms with Crippen molar-refractivity contribution in [2.24, 2.45) is 0 Å². The van der Waals surface area contributed by atoms with E-state index in [4.69, 9.17) is 0 Å². The second-order valence-electron chi connectivity index (χ2n) is 6.59. The average Bonchev–Trinajstić information content (AvgIpc) is 2.48. The standard InChI is InChI=1S/C18H19F3O4S/c1-16(2,24)12-8-10(4-6-14(12)22)26-11-5-7-15(23)13(9-11)17(3,25)18(19,20)21/h4-9,22-25H,1-3H3. The molecule has 0 fully saturated rings. The Morgan fingerprint density at radius 2 is 1.19 bits per heavy atom. The van der Waals surface area contributed by atoms with Crippen molar-refractivity contribution in [3.05, 3.63) is 47.5 Å². The van der Waals surface area contributed by atoms with Gasteiger partial charge in [-0.3, -0.25) is 0 Å². The zero-order valence-corrected chi connectivity index (χ0v) is 15.1. The van der Waals surface area contributed by atoms with E-state index in [1.165, 1.54) is 32.0 Å². The third-order valence-electron chi connectivity index (χ3n) is 3.91. The van der Waals surface area contributed by atoms with Gasteiger partial charge in [0.1, 0.15) is 11.5 Å². The first-order valence-corrected chi connectivity index (χ1v) is 8.41. The van der Waals surface area contributed by atoms with E-state index in [1.807, 2.05) is 0 Å². The number of aliphatic hydroxyl groups is 2. The Labute approximate surface area is 152 Å². The lowest BCUT2D eigenvalue weighted by Gasteiger charge is -2.27. The van der Waals surface area contributed by atoms with Crippen LogP contribution in [-0.4, -0.2) is 26.6 Å². The van der Waals surface area contributed by atoms with Gasteiger partial charge in [-0.25, -0.2) is 0 Å². The van der Waals surface area contributed by atoms with Crippen molar-refractivity contribution in [1.29, 1.82) is 0 Å². The van der Waals surface area contributed by atoms with Crippen LogP contribution in [0.5, 0.6) is 11.5 Å². The predicted molar refractivity (Wildman–Crippen MR) is 91.2 cm³/mol. The topological polar surface area (TPSA) is 80.9 Å². The summed E-state index contributed by atoms with van der Waals surface area (Å²) >= 11 is 1.06. The fraction of sp³-hybridized carbons (Fsp3) is 0.333. The minimum atomic E-state index is -4.96. The molecule has 0 aliphatic heterocycles. The Hall–Kier alpha value is -1.90. The zero-order valence-electron chi connectivity index (χ0n) is 14.3. The highest BCUT2D eigenvalue weighted by Gasteiger charge is 2.52. The Morgan fingerprint density at radius 3 is 1.62 bits per heavy atom. The van der Waals surface area contributed by atoms with Gasteiger partial charge < -0.3 is 20.4 Å². The smallest absolute Gasteiger partial charge is 0.421 e. The van der Waals surface area contributed by atoms with Crippen LogP contribution in [0, 0.1) is 0 Å². The molecule has 2 aromatic carbocycles. The summed E-state index contributed by atoms with van der Waals surface area (Å²) in [5, 5.41) is 39.5. The van der Waals surface area contributed by atoms with Gasteiger partial charge in [0, 0.05) is 20.9 Å². The van der Waals surface area contributed by atoms with Gasteiger partial charge in [-0.05, 0) is 57.2 Å². The molecule has 1 atom stereocenters. The second-order valence-corrected chi connectivity index (χ2v) is 7.74. The summed E-state index contributed by atoms with van der Waals surface area (Å²) in [6, 6.07) is 7.99. The molecule has 0 bridgehead atoms. The van der Waals surface area contributed by atoms with E-state index in [-0.39, 0.29) is 11.3 Å². The molecule has 4 N–H and O–H groups in total. The van der Waals surface area contributed by atoms with Crippen molar-refractivity contribution in [3.63, 3.8) is 0 Å². The van der Waals surface area contributed by atoms with Crippen molar-refractivity contribution < 1.29 is 33.6 Å². The Kier molecular flexibility index (Phi) is 5.24. The summed E-state index contributed by atoms with van der Waals surface area (Å²) in [5.41, 5.74) is -4.90. The van der Waals surface area contributed by atoms with Gasteiger partial charge in [0.15, 0.2) is 5.60 Å². The van der Waals surface area contributed by atoms with Crippen molar-refractivity contribution in [2.75, 3.05) is 0 Å². The van der Waals surface area contributed by atoms with Crippen molar-refractivity contribution in [1.82, 2.24) is 0 Å². The number of aromatic hydroxyl groups is 2. The monoisotopic (exact) mass is 388 g/mol. The molecular formula is C18H19F3O4S. The fourth-order valence-corrected chi connectivity index (χ4v) is 3.22. The molecule has 0 aliphatic rings. The summed E-state index contributed by atoms with van der Waals surface area (Å²) in [4.78, 5) is 0.901. The molecule has 4 nitrogen and oxygen atoms in total. The number of rotatable bonds is 4. The highest BCUT2D eigenvalue weighted by molar-refractivity contribution is 7.99. The largest absolute Gasteiger partial charge is 0.508 e. The van der Waals surface area contributed by atoms with Crippen LogP contribution in [0.2, 0.25) is 0 Å². The Bertz CT molecular complexity index is 811. The molecule has 0 radical (unpaired) electrons. The molecule has 142 valence electrons. The van der Waals surface area contributed by atoms with Gasteiger partial charge >= 0.3 is 6.18 Å². The van der Waals surface area contributed by atoms with Crippen LogP contribution in [0.1, 0.15) is 31.9 Å².